The van der Waals surface area contributed by atoms with Gasteiger partial charge >= 0.3 is 0 Å². The molecule has 2 heterocycles. The normalized spacial score (nSPS) is 15.3. The molecule has 2 aromatic heterocycles. The summed E-state index contributed by atoms with van der Waals surface area (Å²) < 4.78 is 13.9. The maximum Gasteiger partial charge on any atom is 0.144 e. The van der Waals surface area contributed by atoms with Gasteiger partial charge in [-0.2, -0.15) is 0 Å². The Morgan fingerprint density at radius 2 is 0.744 bits per heavy atom. The summed E-state index contributed by atoms with van der Waals surface area (Å²) in [6, 6.07) is 105. The lowest BCUT2D eigenvalue weighted by Crippen LogP contribution is -2.30. The van der Waals surface area contributed by atoms with E-state index in [1.807, 2.05) is 0 Å². The van der Waals surface area contributed by atoms with Crippen LogP contribution in [0.4, 0.5) is 17.1 Å². The van der Waals surface area contributed by atoms with E-state index in [-0.39, 0.29) is 10.8 Å². The van der Waals surface area contributed by atoms with Gasteiger partial charge in [0.05, 0.1) is 10.8 Å². The van der Waals surface area contributed by atoms with Crippen LogP contribution in [0.3, 0.4) is 0 Å². The standard InChI is InChI=1S/C87H61NO2/c1-52-38-40-57(41-39-52)88(58-43-45-62-69(48-58)85(4,5)81-78(62)79-64-34-20-23-37-74(64)90-83(79)80-61-32-18-21-35-67(61)84(2,3)82(80)81)59-42-44-60-65-50-72-66(51-71(65)87(70(60)49-59,55-28-14-8-15-29-55)56-30-16-9-17-31-56)76-68(46-47-75-77(76)63-33-19-22-36-73(63)89-75)86(72,53-24-10-6-11-25-53)54-26-12-7-13-27-54/h6-51H,1-5H3. The lowest BCUT2D eigenvalue weighted by atomic mass is 9.66. The van der Waals surface area contributed by atoms with Gasteiger partial charge < -0.3 is 13.7 Å². The zero-order valence-corrected chi connectivity index (χ0v) is 50.8. The fraction of sp³-hybridized carbons (Fsp3) is 0.103. The fourth-order valence-corrected chi connectivity index (χ4v) is 17.7. The van der Waals surface area contributed by atoms with Crippen LogP contribution < -0.4 is 4.90 Å². The molecule has 0 bridgehead atoms. The molecule has 3 nitrogen and oxygen atoms in total. The van der Waals surface area contributed by atoms with Crippen molar-refractivity contribution in [2.45, 2.75) is 56.3 Å². The predicted molar refractivity (Wildman–Crippen MR) is 370 cm³/mol. The van der Waals surface area contributed by atoms with Crippen molar-refractivity contribution in [2.24, 2.45) is 0 Å². The number of hydrogen-bond acceptors (Lipinski definition) is 3. The Morgan fingerprint density at radius 3 is 1.38 bits per heavy atom. The second-order valence-corrected chi connectivity index (χ2v) is 26.6. The van der Waals surface area contributed by atoms with Gasteiger partial charge in [0, 0.05) is 55.0 Å². The topological polar surface area (TPSA) is 29.5 Å². The molecule has 3 heteroatoms. The number of fused-ring (bicyclic) bond motifs is 22. The maximum absolute atomic E-state index is 7.09. The minimum Gasteiger partial charge on any atom is -0.456 e. The molecule has 19 rings (SSSR count). The van der Waals surface area contributed by atoms with Crippen LogP contribution in [-0.4, -0.2) is 0 Å². The monoisotopic (exact) mass is 1150 g/mol. The second kappa shape index (κ2) is 18.2. The number of nitrogens with zero attached hydrogens (tertiary/aromatic N) is 1. The molecule has 0 radical (unpaired) electrons. The molecule has 4 aliphatic carbocycles. The lowest BCUT2D eigenvalue weighted by molar-refractivity contribution is 0.600. The SMILES string of the molecule is Cc1ccc(N(c2ccc3c(c2)C(C)(C)c2c4c(c5oc6ccccc6c5c2-3)-c2ccccc2C4(C)C)c2ccc3c(c2)C(c2ccccc2)(c2ccccc2)c2cc4c(cc2-3)C(c2ccccc2)(c2ccccc2)c2ccc3oc5ccccc5c3c2-4)cc1. The van der Waals surface area contributed by atoms with E-state index in [0.717, 1.165) is 55.6 Å². The van der Waals surface area contributed by atoms with Crippen LogP contribution in [0, 0.1) is 6.92 Å². The molecule has 0 spiro atoms. The summed E-state index contributed by atoms with van der Waals surface area (Å²) in [6.07, 6.45) is 0. The minimum absolute atomic E-state index is 0.265. The molecule has 4 aliphatic rings. The smallest absolute Gasteiger partial charge is 0.144 e. The number of furan rings is 2. The van der Waals surface area contributed by atoms with E-state index >= 15 is 0 Å². The number of hydrogen-bond donors (Lipinski definition) is 0. The summed E-state index contributed by atoms with van der Waals surface area (Å²) in [5.74, 6) is 0. The molecule has 0 saturated heterocycles. The van der Waals surface area contributed by atoms with Crippen molar-refractivity contribution in [3.05, 3.63) is 351 Å². The van der Waals surface area contributed by atoms with Gasteiger partial charge in [-0.05, 0) is 179 Å². The molecule has 15 aromatic rings. The molecular weight excluding hydrogens is 1090 g/mol. The van der Waals surface area contributed by atoms with Gasteiger partial charge in [0.25, 0.3) is 0 Å². The van der Waals surface area contributed by atoms with Gasteiger partial charge in [0.2, 0.25) is 0 Å². The average Bonchev–Trinajstić information content (AvgIpc) is 1.51. The first-order chi connectivity index (χ1) is 44.1. The van der Waals surface area contributed by atoms with Crippen molar-refractivity contribution < 1.29 is 8.83 Å². The molecule has 0 unspecified atom stereocenters. The molecule has 426 valence electrons. The van der Waals surface area contributed by atoms with Gasteiger partial charge in [-0.15, -0.1) is 0 Å². The fourth-order valence-electron chi connectivity index (χ4n) is 17.7. The van der Waals surface area contributed by atoms with Gasteiger partial charge in [0.15, 0.2) is 0 Å². The summed E-state index contributed by atoms with van der Waals surface area (Å²) in [5.41, 5.74) is 31.4. The van der Waals surface area contributed by atoms with E-state index in [1.165, 1.54) is 122 Å². The van der Waals surface area contributed by atoms with Crippen molar-refractivity contribution in [2.75, 3.05) is 4.90 Å². The molecule has 90 heavy (non-hydrogen) atoms. The number of benzene rings is 13. The Kier molecular flexibility index (Phi) is 10.4. The van der Waals surface area contributed by atoms with Crippen LogP contribution >= 0.6 is 0 Å². The van der Waals surface area contributed by atoms with Crippen LogP contribution in [0.15, 0.2) is 288 Å². The summed E-state index contributed by atoms with van der Waals surface area (Å²) in [6.45, 7) is 11.9. The van der Waals surface area contributed by atoms with Gasteiger partial charge in [0.1, 0.15) is 22.3 Å². The lowest BCUT2D eigenvalue weighted by Gasteiger charge is -2.36. The van der Waals surface area contributed by atoms with Crippen molar-refractivity contribution in [1.82, 2.24) is 0 Å². The summed E-state index contributed by atoms with van der Waals surface area (Å²) in [4.78, 5) is 2.52. The van der Waals surface area contributed by atoms with E-state index in [0.29, 0.717) is 0 Å². The van der Waals surface area contributed by atoms with E-state index in [4.69, 9.17) is 8.83 Å². The van der Waals surface area contributed by atoms with Crippen LogP contribution in [0.5, 0.6) is 0 Å². The average molecular weight is 1150 g/mol. The van der Waals surface area contributed by atoms with Gasteiger partial charge in [-0.1, -0.05) is 246 Å². The van der Waals surface area contributed by atoms with Crippen molar-refractivity contribution >= 4 is 60.9 Å². The summed E-state index contributed by atoms with van der Waals surface area (Å²) in [7, 11) is 0. The zero-order valence-electron chi connectivity index (χ0n) is 50.8. The van der Waals surface area contributed by atoms with E-state index in [2.05, 4.69) is 319 Å². The first-order valence-electron chi connectivity index (χ1n) is 31.7. The van der Waals surface area contributed by atoms with Crippen molar-refractivity contribution in [3.63, 3.8) is 0 Å². The van der Waals surface area contributed by atoms with Crippen LogP contribution in [-0.2, 0) is 21.7 Å². The van der Waals surface area contributed by atoms with Crippen LogP contribution in [0.1, 0.15) is 100 Å². The molecule has 13 aromatic carbocycles. The van der Waals surface area contributed by atoms with Crippen LogP contribution in [0.2, 0.25) is 0 Å². The molecule has 0 atom stereocenters. The van der Waals surface area contributed by atoms with Crippen molar-refractivity contribution in [3.8, 4) is 44.5 Å². The first kappa shape index (κ1) is 51.3. The van der Waals surface area contributed by atoms with Crippen molar-refractivity contribution in [1.29, 1.82) is 0 Å². The number of rotatable bonds is 7. The van der Waals surface area contributed by atoms with Gasteiger partial charge in [-0.25, -0.2) is 0 Å². The third kappa shape index (κ3) is 6.48. The highest BCUT2D eigenvalue weighted by atomic mass is 16.3. The Labute approximate surface area is 523 Å². The van der Waals surface area contributed by atoms with Gasteiger partial charge in [-0.3, -0.25) is 0 Å². The quantitative estimate of drug-likeness (QED) is 0.159. The van der Waals surface area contributed by atoms with E-state index < -0.39 is 10.8 Å². The summed E-state index contributed by atoms with van der Waals surface area (Å²) >= 11 is 0. The Hall–Kier alpha value is -10.7. The van der Waals surface area contributed by atoms with E-state index in [1.54, 1.807) is 0 Å². The highest BCUT2D eigenvalue weighted by Gasteiger charge is 2.53. The second-order valence-electron chi connectivity index (χ2n) is 26.6. The molecule has 0 saturated carbocycles. The largest absolute Gasteiger partial charge is 0.456 e. The third-order valence-electron chi connectivity index (χ3n) is 21.4. The molecule has 0 N–H and O–H groups in total. The Balaban J connectivity index is 0.882. The number of anilines is 3. The third-order valence-corrected chi connectivity index (χ3v) is 21.4. The predicted octanol–water partition coefficient (Wildman–Crippen LogP) is 22.6. The Bertz CT molecular complexity index is 5450. The molecule has 0 aliphatic heterocycles. The maximum atomic E-state index is 7.09. The number of para-hydroxylation sites is 2. The van der Waals surface area contributed by atoms with E-state index in [9.17, 15) is 0 Å². The van der Waals surface area contributed by atoms with Crippen LogP contribution in [0.25, 0.3) is 88.4 Å². The molecule has 0 amide bonds. The highest BCUT2D eigenvalue weighted by Crippen LogP contribution is 2.67. The zero-order chi connectivity index (χ0) is 60.0. The highest BCUT2D eigenvalue weighted by molar-refractivity contribution is 6.21. The summed E-state index contributed by atoms with van der Waals surface area (Å²) in [5, 5.41) is 4.64. The first-order valence-corrected chi connectivity index (χ1v) is 31.7. The molecular formula is C87H61NO2. The minimum atomic E-state index is -0.750. The molecule has 0 fully saturated rings. The number of aryl methyl sites for hydroxylation is 1. The Morgan fingerprint density at radius 1 is 0.289 bits per heavy atom.